The predicted octanol–water partition coefficient (Wildman–Crippen LogP) is 4.41. The van der Waals surface area contributed by atoms with Crippen molar-refractivity contribution in [1.29, 1.82) is 0 Å². The number of piperidine rings is 1. The predicted molar refractivity (Wildman–Crippen MR) is 114 cm³/mol. The standard InChI is InChI=1S/C23H25ClN4O/c24-20-7-3-6-18(14-20)23-25-22(29-26-23)16-27-11-9-21(10-12-27)28-13-8-17-4-1-2-5-19(17)15-28/h1-7,14,21H,8-13,15-16H2. The van der Waals surface area contributed by atoms with Gasteiger partial charge in [-0.15, -0.1) is 0 Å². The number of hydrogen-bond donors (Lipinski definition) is 0. The summed E-state index contributed by atoms with van der Waals surface area (Å²) in [6, 6.07) is 17.1. The number of likely N-dealkylation sites (tertiary alicyclic amines) is 1. The molecule has 2 aliphatic heterocycles. The van der Waals surface area contributed by atoms with Crippen LogP contribution in [0.1, 0.15) is 29.9 Å². The van der Waals surface area contributed by atoms with Crippen molar-refractivity contribution in [2.24, 2.45) is 0 Å². The first-order chi connectivity index (χ1) is 14.2. The lowest BCUT2D eigenvalue weighted by Gasteiger charge is -2.40. The van der Waals surface area contributed by atoms with Crippen LogP contribution in [0.5, 0.6) is 0 Å². The largest absolute Gasteiger partial charge is 0.338 e. The molecule has 0 aliphatic carbocycles. The van der Waals surface area contributed by atoms with Crippen molar-refractivity contribution in [3.8, 4) is 11.4 Å². The molecule has 2 aromatic carbocycles. The molecule has 29 heavy (non-hydrogen) atoms. The van der Waals surface area contributed by atoms with Crippen LogP contribution in [0, 0.1) is 0 Å². The second-order valence-corrected chi connectivity index (χ2v) is 8.46. The van der Waals surface area contributed by atoms with Gasteiger partial charge in [0.25, 0.3) is 0 Å². The molecule has 0 amide bonds. The van der Waals surface area contributed by atoms with E-state index in [1.807, 2.05) is 24.3 Å². The number of rotatable bonds is 4. The molecule has 0 unspecified atom stereocenters. The Balaban J connectivity index is 1.16. The summed E-state index contributed by atoms with van der Waals surface area (Å²) in [5.74, 6) is 1.27. The highest BCUT2D eigenvalue weighted by molar-refractivity contribution is 6.30. The van der Waals surface area contributed by atoms with Gasteiger partial charge in [-0.1, -0.05) is 53.2 Å². The van der Waals surface area contributed by atoms with E-state index >= 15 is 0 Å². The minimum absolute atomic E-state index is 0.601. The fourth-order valence-corrected chi connectivity index (χ4v) is 4.72. The first kappa shape index (κ1) is 18.8. The Morgan fingerprint density at radius 2 is 1.83 bits per heavy atom. The highest BCUT2D eigenvalue weighted by atomic mass is 35.5. The van der Waals surface area contributed by atoms with Crippen LogP contribution in [-0.2, 0) is 19.5 Å². The van der Waals surface area contributed by atoms with Crippen LogP contribution in [0.3, 0.4) is 0 Å². The number of benzene rings is 2. The summed E-state index contributed by atoms with van der Waals surface area (Å²) in [5, 5.41) is 4.80. The lowest BCUT2D eigenvalue weighted by atomic mass is 9.95. The third-order valence-corrected chi connectivity index (χ3v) is 6.38. The maximum absolute atomic E-state index is 6.06. The van der Waals surface area contributed by atoms with Crippen molar-refractivity contribution in [3.63, 3.8) is 0 Å². The first-order valence-corrected chi connectivity index (χ1v) is 10.7. The Kier molecular flexibility index (Phi) is 5.36. The highest BCUT2D eigenvalue weighted by Gasteiger charge is 2.27. The van der Waals surface area contributed by atoms with Crippen molar-refractivity contribution in [2.45, 2.75) is 38.4 Å². The van der Waals surface area contributed by atoms with Gasteiger partial charge in [0.15, 0.2) is 0 Å². The average molecular weight is 409 g/mol. The van der Waals surface area contributed by atoms with Gasteiger partial charge in [0.05, 0.1) is 6.54 Å². The number of aromatic nitrogens is 2. The van der Waals surface area contributed by atoms with E-state index in [4.69, 9.17) is 16.1 Å². The van der Waals surface area contributed by atoms with E-state index in [1.165, 1.54) is 36.9 Å². The van der Waals surface area contributed by atoms with E-state index < -0.39 is 0 Å². The molecule has 0 atom stereocenters. The van der Waals surface area contributed by atoms with Crippen LogP contribution in [0.15, 0.2) is 53.1 Å². The molecule has 2 aliphatic rings. The summed E-state index contributed by atoms with van der Waals surface area (Å²) in [6.45, 7) is 5.11. The molecule has 150 valence electrons. The van der Waals surface area contributed by atoms with E-state index in [-0.39, 0.29) is 0 Å². The molecular formula is C23H25ClN4O. The lowest BCUT2D eigenvalue weighted by Crippen LogP contribution is -2.46. The molecule has 0 spiro atoms. The molecule has 1 fully saturated rings. The zero-order chi connectivity index (χ0) is 19.6. The van der Waals surface area contributed by atoms with Crippen LogP contribution in [0.4, 0.5) is 0 Å². The molecule has 0 bridgehead atoms. The Hall–Kier alpha value is -2.21. The minimum Gasteiger partial charge on any atom is -0.338 e. The van der Waals surface area contributed by atoms with Crippen molar-refractivity contribution in [1.82, 2.24) is 19.9 Å². The fraction of sp³-hybridized carbons (Fsp3) is 0.391. The summed E-state index contributed by atoms with van der Waals surface area (Å²) in [6.07, 6.45) is 3.56. The van der Waals surface area contributed by atoms with E-state index in [0.717, 1.165) is 25.2 Å². The van der Waals surface area contributed by atoms with Gasteiger partial charge in [0.2, 0.25) is 11.7 Å². The minimum atomic E-state index is 0.601. The maximum Gasteiger partial charge on any atom is 0.241 e. The van der Waals surface area contributed by atoms with Gasteiger partial charge < -0.3 is 4.52 Å². The molecule has 1 aromatic heterocycles. The quantitative estimate of drug-likeness (QED) is 0.639. The molecular weight excluding hydrogens is 384 g/mol. The highest BCUT2D eigenvalue weighted by Crippen LogP contribution is 2.26. The number of halogens is 1. The first-order valence-electron chi connectivity index (χ1n) is 10.4. The third kappa shape index (κ3) is 4.22. The SMILES string of the molecule is Clc1cccc(-c2noc(CN3CCC(N4CCc5ccccc5C4)CC3)n2)c1. The van der Waals surface area contributed by atoms with Gasteiger partial charge in [-0.25, -0.2) is 0 Å². The molecule has 6 heteroatoms. The summed E-state index contributed by atoms with van der Waals surface area (Å²) in [4.78, 5) is 9.65. The molecule has 3 aromatic rings. The number of hydrogen-bond acceptors (Lipinski definition) is 5. The monoisotopic (exact) mass is 408 g/mol. The number of nitrogens with zero attached hydrogens (tertiary/aromatic N) is 4. The van der Waals surface area contributed by atoms with Gasteiger partial charge in [0.1, 0.15) is 0 Å². The normalized spacial score (nSPS) is 18.7. The molecule has 1 saturated heterocycles. The van der Waals surface area contributed by atoms with E-state index in [9.17, 15) is 0 Å². The van der Waals surface area contributed by atoms with Crippen LogP contribution in [-0.4, -0.2) is 45.6 Å². The van der Waals surface area contributed by atoms with Crippen LogP contribution in [0.2, 0.25) is 5.02 Å². The van der Waals surface area contributed by atoms with Crippen LogP contribution < -0.4 is 0 Å². The van der Waals surface area contributed by atoms with Gasteiger partial charge in [-0.3, -0.25) is 9.80 Å². The summed E-state index contributed by atoms with van der Waals surface area (Å²) >= 11 is 6.06. The average Bonchev–Trinajstić information content (AvgIpc) is 3.22. The molecule has 0 radical (unpaired) electrons. The Labute approximate surface area is 176 Å². The number of fused-ring (bicyclic) bond motifs is 1. The van der Waals surface area contributed by atoms with Crippen molar-refractivity contribution >= 4 is 11.6 Å². The van der Waals surface area contributed by atoms with E-state index in [0.29, 0.717) is 29.3 Å². The van der Waals surface area contributed by atoms with Crippen molar-refractivity contribution in [2.75, 3.05) is 19.6 Å². The Morgan fingerprint density at radius 1 is 1.00 bits per heavy atom. The summed E-state index contributed by atoms with van der Waals surface area (Å²) in [5.41, 5.74) is 3.91. The third-order valence-electron chi connectivity index (χ3n) is 6.14. The van der Waals surface area contributed by atoms with Gasteiger partial charge in [0, 0.05) is 42.8 Å². The van der Waals surface area contributed by atoms with Gasteiger partial charge >= 0.3 is 0 Å². The van der Waals surface area contributed by atoms with Crippen LogP contribution >= 0.6 is 11.6 Å². The molecule has 3 heterocycles. The maximum atomic E-state index is 6.06. The summed E-state index contributed by atoms with van der Waals surface area (Å²) < 4.78 is 5.49. The van der Waals surface area contributed by atoms with Crippen molar-refractivity contribution in [3.05, 3.63) is 70.6 Å². The molecule has 0 N–H and O–H groups in total. The zero-order valence-electron chi connectivity index (χ0n) is 16.4. The van der Waals surface area contributed by atoms with E-state index in [1.54, 1.807) is 0 Å². The lowest BCUT2D eigenvalue weighted by molar-refractivity contribution is 0.0894. The zero-order valence-corrected chi connectivity index (χ0v) is 17.2. The van der Waals surface area contributed by atoms with Gasteiger partial charge in [-0.2, -0.15) is 4.98 Å². The topological polar surface area (TPSA) is 45.4 Å². The van der Waals surface area contributed by atoms with E-state index in [2.05, 4.69) is 44.2 Å². The second kappa shape index (κ2) is 8.27. The van der Waals surface area contributed by atoms with Crippen LogP contribution in [0.25, 0.3) is 11.4 Å². The smallest absolute Gasteiger partial charge is 0.241 e. The fourth-order valence-electron chi connectivity index (χ4n) is 4.53. The second-order valence-electron chi connectivity index (χ2n) is 8.02. The molecule has 0 saturated carbocycles. The summed E-state index contributed by atoms with van der Waals surface area (Å²) in [7, 11) is 0. The van der Waals surface area contributed by atoms with Gasteiger partial charge in [-0.05, 0) is 42.5 Å². The Morgan fingerprint density at radius 3 is 2.66 bits per heavy atom. The molecule has 5 rings (SSSR count). The van der Waals surface area contributed by atoms with Crippen molar-refractivity contribution < 1.29 is 4.52 Å². The Bertz CT molecular complexity index is 980. The molecule has 5 nitrogen and oxygen atoms in total.